The van der Waals surface area contributed by atoms with E-state index in [0.717, 1.165) is 38.5 Å². The minimum absolute atomic E-state index is 0.0154. The Hall–Kier alpha value is -1.93. The normalized spacial score (nSPS) is 16.0. The van der Waals surface area contributed by atoms with E-state index in [-0.39, 0.29) is 30.8 Å². The first-order chi connectivity index (χ1) is 12.8. The summed E-state index contributed by atoms with van der Waals surface area (Å²) >= 11 is 0. The molecule has 150 valence electrons. The molecule has 0 bridgehead atoms. The first-order valence-electron chi connectivity index (χ1n) is 9.40. The van der Waals surface area contributed by atoms with Gasteiger partial charge in [-0.25, -0.2) is 8.42 Å². The molecular formula is C19H29N3O4S. The summed E-state index contributed by atoms with van der Waals surface area (Å²) in [7, 11) is -3.36. The molecule has 1 aliphatic carbocycles. The average Bonchev–Trinajstić information content (AvgIpc) is 2.82. The summed E-state index contributed by atoms with van der Waals surface area (Å²) in [6, 6.07) is 6.84. The monoisotopic (exact) mass is 395 g/mol. The van der Waals surface area contributed by atoms with Crippen LogP contribution in [0.25, 0.3) is 0 Å². The lowest BCUT2D eigenvalue weighted by molar-refractivity contribution is -0.116. The van der Waals surface area contributed by atoms with Gasteiger partial charge in [0.05, 0.1) is 6.26 Å². The van der Waals surface area contributed by atoms with Crippen LogP contribution in [0.4, 0.5) is 11.4 Å². The van der Waals surface area contributed by atoms with Gasteiger partial charge in [0.15, 0.2) is 0 Å². The molecule has 1 saturated carbocycles. The van der Waals surface area contributed by atoms with Gasteiger partial charge in [-0.2, -0.15) is 4.31 Å². The summed E-state index contributed by atoms with van der Waals surface area (Å²) in [5, 5.41) is 5.43. The fraction of sp³-hybridized carbons (Fsp3) is 0.579. The number of amides is 2. The fourth-order valence-corrected chi connectivity index (χ4v) is 4.65. The molecule has 8 heteroatoms. The van der Waals surface area contributed by atoms with Gasteiger partial charge in [-0.15, -0.1) is 0 Å². The number of anilines is 2. The van der Waals surface area contributed by atoms with Crippen molar-refractivity contribution in [1.29, 1.82) is 0 Å². The van der Waals surface area contributed by atoms with Crippen molar-refractivity contribution in [3.8, 4) is 0 Å². The van der Waals surface area contributed by atoms with E-state index in [1.807, 2.05) is 0 Å². The van der Waals surface area contributed by atoms with Crippen molar-refractivity contribution >= 4 is 33.2 Å². The highest BCUT2D eigenvalue weighted by Gasteiger charge is 2.27. The highest BCUT2D eigenvalue weighted by molar-refractivity contribution is 7.88. The highest BCUT2D eigenvalue weighted by Crippen LogP contribution is 2.24. The Morgan fingerprint density at radius 1 is 1.07 bits per heavy atom. The SMILES string of the molecule is CC(=O)Nc1cccc(NC(=O)CCN(C2CCCCCC2)S(C)(=O)=O)c1. The van der Waals surface area contributed by atoms with Gasteiger partial charge in [-0.1, -0.05) is 31.7 Å². The summed E-state index contributed by atoms with van der Waals surface area (Å²) < 4.78 is 25.9. The third kappa shape index (κ3) is 7.30. The number of sulfonamides is 1. The van der Waals surface area contributed by atoms with E-state index in [2.05, 4.69) is 10.6 Å². The van der Waals surface area contributed by atoms with Crippen LogP contribution < -0.4 is 10.6 Å². The Kier molecular flexibility index (Phi) is 7.79. The molecule has 0 unspecified atom stereocenters. The summed E-state index contributed by atoms with van der Waals surface area (Å²) in [4.78, 5) is 23.4. The molecule has 27 heavy (non-hydrogen) atoms. The maximum Gasteiger partial charge on any atom is 0.225 e. The quantitative estimate of drug-likeness (QED) is 0.694. The van der Waals surface area contributed by atoms with Crippen LogP contribution in [0.5, 0.6) is 0 Å². The molecule has 1 aliphatic rings. The second-order valence-corrected chi connectivity index (χ2v) is 9.01. The van der Waals surface area contributed by atoms with E-state index in [0.29, 0.717) is 11.4 Å². The van der Waals surface area contributed by atoms with Gasteiger partial charge >= 0.3 is 0 Å². The minimum atomic E-state index is -3.36. The van der Waals surface area contributed by atoms with Crippen LogP contribution in [0.2, 0.25) is 0 Å². The molecule has 0 heterocycles. The smallest absolute Gasteiger partial charge is 0.225 e. The number of hydrogen-bond acceptors (Lipinski definition) is 4. The zero-order chi connectivity index (χ0) is 19.9. The van der Waals surface area contributed by atoms with E-state index in [9.17, 15) is 18.0 Å². The van der Waals surface area contributed by atoms with E-state index < -0.39 is 10.0 Å². The van der Waals surface area contributed by atoms with Crippen molar-refractivity contribution in [2.24, 2.45) is 0 Å². The average molecular weight is 396 g/mol. The molecule has 7 nitrogen and oxygen atoms in total. The molecule has 1 fully saturated rings. The number of benzene rings is 1. The molecule has 1 aromatic rings. The minimum Gasteiger partial charge on any atom is -0.326 e. The highest BCUT2D eigenvalue weighted by atomic mass is 32.2. The third-order valence-electron chi connectivity index (χ3n) is 4.68. The van der Waals surface area contributed by atoms with Crippen LogP contribution in [-0.4, -0.2) is 43.4 Å². The van der Waals surface area contributed by atoms with Crippen molar-refractivity contribution in [2.45, 2.75) is 57.9 Å². The molecule has 2 N–H and O–H groups in total. The van der Waals surface area contributed by atoms with Crippen LogP contribution in [0.3, 0.4) is 0 Å². The van der Waals surface area contributed by atoms with Gasteiger partial charge < -0.3 is 10.6 Å². The lowest BCUT2D eigenvalue weighted by atomic mass is 10.1. The molecule has 0 aliphatic heterocycles. The van der Waals surface area contributed by atoms with Gasteiger partial charge in [0.25, 0.3) is 0 Å². The molecule has 1 aromatic carbocycles. The predicted molar refractivity (Wildman–Crippen MR) is 107 cm³/mol. The van der Waals surface area contributed by atoms with Gasteiger partial charge in [0.2, 0.25) is 21.8 Å². The van der Waals surface area contributed by atoms with Crippen molar-refractivity contribution < 1.29 is 18.0 Å². The van der Waals surface area contributed by atoms with Crippen LogP contribution in [-0.2, 0) is 19.6 Å². The van der Waals surface area contributed by atoms with Gasteiger partial charge in [-0.3, -0.25) is 9.59 Å². The number of nitrogens with zero attached hydrogens (tertiary/aromatic N) is 1. The predicted octanol–water partition coefficient (Wildman–Crippen LogP) is 2.96. The van der Waals surface area contributed by atoms with Gasteiger partial charge in [0.1, 0.15) is 0 Å². The summed E-state index contributed by atoms with van der Waals surface area (Å²) in [5.74, 6) is -0.442. The van der Waals surface area contributed by atoms with Crippen molar-refractivity contribution in [3.05, 3.63) is 24.3 Å². The lowest BCUT2D eigenvalue weighted by Crippen LogP contribution is -2.41. The maximum absolute atomic E-state index is 12.3. The van der Waals surface area contributed by atoms with E-state index in [4.69, 9.17) is 0 Å². The van der Waals surface area contributed by atoms with Crippen molar-refractivity contribution in [3.63, 3.8) is 0 Å². The molecule has 0 spiro atoms. The Bertz CT molecular complexity index is 756. The summed E-state index contributed by atoms with van der Waals surface area (Å²) in [5.41, 5.74) is 1.16. The number of carbonyl (C=O) groups is 2. The first kappa shape index (κ1) is 21.4. The molecule has 0 aromatic heterocycles. The zero-order valence-corrected chi connectivity index (χ0v) is 16.8. The Morgan fingerprint density at radius 3 is 2.22 bits per heavy atom. The van der Waals surface area contributed by atoms with Crippen molar-refractivity contribution in [1.82, 2.24) is 4.31 Å². The standard InChI is InChI=1S/C19H29N3O4S/c1-15(23)20-16-8-7-9-17(14-16)21-19(24)12-13-22(27(2,25)26)18-10-5-3-4-6-11-18/h7-9,14,18H,3-6,10-13H2,1-2H3,(H,20,23)(H,21,24). The van der Waals surface area contributed by atoms with E-state index in [1.165, 1.54) is 17.5 Å². The molecule has 0 saturated heterocycles. The number of hydrogen-bond donors (Lipinski definition) is 2. The van der Waals surface area contributed by atoms with E-state index >= 15 is 0 Å². The van der Waals surface area contributed by atoms with Crippen molar-refractivity contribution in [2.75, 3.05) is 23.4 Å². The van der Waals surface area contributed by atoms with Crippen LogP contribution in [0, 0.1) is 0 Å². The molecule has 2 rings (SSSR count). The van der Waals surface area contributed by atoms with E-state index in [1.54, 1.807) is 24.3 Å². The van der Waals surface area contributed by atoms with Gasteiger partial charge in [0, 0.05) is 37.3 Å². The molecule has 2 amide bonds. The summed E-state index contributed by atoms with van der Waals surface area (Å²) in [6.45, 7) is 1.60. The van der Waals surface area contributed by atoms with Crippen LogP contribution in [0.15, 0.2) is 24.3 Å². The van der Waals surface area contributed by atoms with Gasteiger partial charge in [-0.05, 0) is 31.0 Å². The number of nitrogens with one attached hydrogen (secondary N) is 2. The Morgan fingerprint density at radius 2 is 1.67 bits per heavy atom. The second-order valence-electron chi connectivity index (χ2n) is 7.08. The van der Waals surface area contributed by atoms with Crippen LogP contribution >= 0.6 is 0 Å². The molecule has 0 radical (unpaired) electrons. The first-order valence-corrected chi connectivity index (χ1v) is 11.2. The summed E-state index contributed by atoms with van der Waals surface area (Å²) in [6.07, 6.45) is 7.34. The largest absolute Gasteiger partial charge is 0.326 e. The Balaban J connectivity index is 1.96. The lowest BCUT2D eigenvalue weighted by Gasteiger charge is -2.28. The maximum atomic E-state index is 12.3. The molecular weight excluding hydrogens is 366 g/mol. The Labute approximate surface area is 161 Å². The fourth-order valence-electron chi connectivity index (χ4n) is 3.48. The topological polar surface area (TPSA) is 95.6 Å². The molecule has 0 atom stereocenters. The number of rotatable bonds is 7. The second kappa shape index (κ2) is 9.85. The number of carbonyl (C=O) groups excluding carboxylic acids is 2. The third-order valence-corrected chi connectivity index (χ3v) is 6.02. The van der Waals surface area contributed by atoms with Crippen LogP contribution in [0.1, 0.15) is 51.9 Å². The zero-order valence-electron chi connectivity index (χ0n) is 16.0.